The van der Waals surface area contributed by atoms with Gasteiger partial charge in [-0.3, -0.25) is 0 Å². The number of allylic oxidation sites excluding steroid dienone is 2. The zero-order valence-corrected chi connectivity index (χ0v) is 11.1. The van der Waals surface area contributed by atoms with Gasteiger partial charge < -0.3 is 0 Å². The van der Waals surface area contributed by atoms with E-state index in [2.05, 4.69) is 52.9 Å². The molecule has 0 nitrogen and oxygen atoms in total. The summed E-state index contributed by atoms with van der Waals surface area (Å²) in [5.41, 5.74) is 0. The molecule has 1 aromatic rings. The summed E-state index contributed by atoms with van der Waals surface area (Å²) >= 11 is 5.19. The second kappa shape index (κ2) is 7.77. The van der Waals surface area contributed by atoms with Gasteiger partial charge in [-0.15, -0.1) is 0 Å². The van der Waals surface area contributed by atoms with E-state index >= 15 is 0 Å². The van der Waals surface area contributed by atoms with Crippen LogP contribution >= 0.6 is 27.7 Å². The lowest BCUT2D eigenvalue weighted by Crippen LogP contribution is -1.76. The van der Waals surface area contributed by atoms with Crippen LogP contribution in [-0.4, -0.2) is 5.33 Å². The third-order valence-corrected chi connectivity index (χ3v) is 3.50. The van der Waals surface area contributed by atoms with Crippen molar-refractivity contribution in [2.24, 2.45) is 0 Å². The van der Waals surface area contributed by atoms with Gasteiger partial charge in [0.2, 0.25) is 0 Å². The zero-order chi connectivity index (χ0) is 10.9. The summed E-state index contributed by atoms with van der Waals surface area (Å²) in [6.45, 7) is 3.84. The summed E-state index contributed by atoms with van der Waals surface area (Å²) in [7, 11) is 0. The van der Waals surface area contributed by atoms with Crippen molar-refractivity contribution in [3.05, 3.63) is 54.0 Å². The van der Waals surface area contributed by atoms with Crippen LogP contribution in [-0.2, 0) is 0 Å². The number of alkyl halides is 1. The number of benzene rings is 1. The number of hydrogen-bond acceptors (Lipinski definition) is 1. The molecule has 1 aromatic carbocycles. The highest BCUT2D eigenvalue weighted by molar-refractivity contribution is 9.09. The topological polar surface area (TPSA) is 0 Å². The van der Waals surface area contributed by atoms with Gasteiger partial charge in [0.25, 0.3) is 0 Å². The summed E-state index contributed by atoms with van der Waals surface area (Å²) in [5, 5.41) is 1.06. The van der Waals surface area contributed by atoms with E-state index < -0.39 is 0 Å². The number of halogens is 1. The molecular formula is C13H15BrS. The largest absolute Gasteiger partial charge is 0.0980 e. The third kappa shape index (κ3) is 5.24. The number of rotatable bonds is 6. The van der Waals surface area contributed by atoms with Gasteiger partial charge in [0.1, 0.15) is 0 Å². The lowest BCUT2D eigenvalue weighted by molar-refractivity contribution is 0.978. The van der Waals surface area contributed by atoms with Crippen LogP contribution in [0.3, 0.4) is 0 Å². The summed E-state index contributed by atoms with van der Waals surface area (Å²) in [6, 6.07) is 10.4. The maximum atomic E-state index is 3.84. The molecule has 0 heterocycles. The zero-order valence-electron chi connectivity index (χ0n) is 8.66. The second-order valence-electron chi connectivity index (χ2n) is 3.06. The van der Waals surface area contributed by atoms with Crippen LogP contribution in [0.2, 0.25) is 0 Å². The van der Waals surface area contributed by atoms with E-state index in [1.54, 1.807) is 11.8 Å². The quantitative estimate of drug-likeness (QED) is 0.305. The van der Waals surface area contributed by atoms with Crippen LogP contribution in [0.15, 0.2) is 58.9 Å². The molecule has 0 saturated heterocycles. The minimum absolute atomic E-state index is 1.06. The molecule has 0 N–H and O–H groups in total. The summed E-state index contributed by atoms with van der Waals surface area (Å²) in [6.07, 6.45) is 6.44. The van der Waals surface area contributed by atoms with Crippen molar-refractivity contribution in [1.29, 1.82) is 0 Å². The molecule has 1 rings (SSSR count). The van der Waals surface area contributed by atoms with Crippen molar-refractivity contribution in [1.82, 2.24) is 0 Å². The van der Waals surface area contributed by atoms with Gasteiger partial charge in [-0.1, -0.05) is 64.6 Å². The van der Waals surface area contributed by atoms with Crippen molar-refractivity contribution in [3.63, 3.8) is 0 Å². The Morgan fingerprint density at radius 1 is 1.33 bits per heavy atom. The average molecular weight is 283 g/mol. The molecule has 2 heteroatoms. The Kier molecular flexibility index (Phi) is 6.53. The van der Waals surface area contributed by atoms with Gasteiger partial charge in [-0.05, 0) is 25.0 Å². The van der Waals surface area contributed by atoms with Gasteiger partial charge >= 0.3 is 0 Å². The number of hydrogen-bond donors (Lipinski definition) is 0. The van der Waals surface area contributed by atoms with E-state index in [1.165, 1.54) is 16.2 Å². The Morgan fingerprint density at radius 3 is 2.67 bits per heavy atom. The number of unbranched alkanes of at least 4 members (excludes halogenated alkanes) is 1. The Labute approximate surface area is 105 Å². The van der Waals surface area contributed by atoms with Crippen LogP contribution < -0.4 is 0 Å². The van der Waals surface area contributed by atoms with Crippen LogP contribution in [0.25, 0.3) is 0 Å². The van der Waals surface area contributed by atoms with Gasteiger partial charge in [0.15, 0.2) is 0 Å². The van der Waals surface area contributed by atoms with Crippen LogP contribution in [0, 0.1) is 0 Å². The van der Waals surface area contributed by atoms with Crippen LogP contribution in [0.4, 0.5) is 0 Å². The Morgan fingerprint density at radius 2 is 2.07 bits per heavy atom. The van der Waals surface area contributed by atoms with E-state index in [9.17, 15) is 0 Å². The highest BCUT2D eigenvalue weighted by Gasteiger charge is 1.95. The molecule has 0 radical (unpaired) electrons. The van der Waals surface area contributed by atoms with Crippen molar-refractivity contribution in [2.45, 2.75) is 17.7 Å². The molecule has 15 heavy (non-hydrogen) atoms. The molecule has 80 valence electrons. The predicted octanol–water partition coefficient (Wildman–Crippen LogP) is 5.02. The molecule has 0 fully saturated rings. The fourth-order valence-electron chi connectivity index (χ4n) is 1.11. The maximum Gasteiger partial charge on any atom is 0.0122 e. The highest BCUT2D eigenvalue weighted by Crippen LogP contribution is 2.27. The lowest BCUT2D eigenvalue weighted by Gasteiger charge is -2.01. The van der Waals surface area contributed by atoms with E-state index in [0.29, 0.717) is 0 Å². The molecule has 0 saturated carbocycles. The van der Waals surface area contributed by atoms with Crippen molar-refractivity contribution >= 4 is 27.7 Å². The molecule has 0 aliphatic carbocycles. The van der Waals surface area contributed by atoms with Gasteiger partial charge in [-0.2, -0.15) is 0 Å². The third-order valence-electron chi connectivity index (χ3n) is 1.86. The molecule has 0 spiro atoms. The fourth-order valence-corrected chi connectivity index (χ4v) is 2.29. The van der Waals surface area contributed by atoms with E-state index in [-0.39, 0.29) is 0 Å². The minimum Gasteiger partial charge on any atom is -0.0980 e. The lowest BCUT2D eigenvalue weighted by atomic mass is 10.3. The standard InChI is InChI=1S/C13H15BrS/c1-2-12(8-6-7-11-14)15-13-9-4-3-5-10-13/h2-5,8-10H,1,6-7,11H2/b12-8+. The monoisotopic (exact) mass is 282 g/mol. The smallest absolute Gasteiger partial charge is 0.0122 e. The molecule has 0 atom stereocenters. The molecular weight excluding hydrogens is 268 g/mol. The molecule has 0 aliphatic heterocycles. The summed E-state index contributed by atoms with van der Waals surface area (Å²) < 4.78 is 0. The minimum atomic E-state index is 1.06. The Balaban J connectivity index is 2.54. The second-order valence-corrected chi connectivity index (χ2v) is 5.00. The van der Waals surface area contributed by atoms with E-state index in [1.807, 2.05) is 12.1 Å². The predicted molar refractivity (Wildman–Crippen MR) is 73.6 cm³/mol. The first-order valence-corrected chi connectivity index (χ1v) is 6.92. The van der Waals surface area contributed by atoms with Crippen molar-refractivity contribution in [2.75, 3.05) is 5.33 Å². The van der Waals surface area contributed by atoms with Crippen molar-refractivity contribution in [3.8, 4) is 0 Å². The number of thioether (sulfide) groups is 1. The maximum absolute atomic E-state index is 3.84. The first kappa shape index (κ1) is 12.6. The van der Waals surface area contributed by atoms with Crippen LogP contribution in [0.1, 0.15) is 12.8 Å². The van der Waals surface area contributed by atoms with E-state index in [4.69, 9.17) is 0 Å². The summed E-state index contributed by atoms with van der Waals surface area (Å²) in [5.74, 6) is 0. The fraction of sp³-hybridized carbons (Fsp3) is 0.231. The van der Waals surface area contributed by atoms with Crippen molar-refractivity contribution < 1.29 is 0 Å². The molecule has 0 aliphatic rings. The van der Waals surface area contributed by atoms with Gasteiger partial charge in [0, 0.05) is 15.1 Å². The Bertz CT molecular complexity index is 317. The molecule has 0 amide bonds. The van der Waals surface area contributed by atoms with Crippen LogP contribution in [0.5, 0.6) is 0 Å². The average Bonchev–Trinajstić information content (AvgIpc) is 2.29. The summed E-state index contributed by atoms with van der Waals surface area (Å²) in [4.78, 5) is 2.50. The first-order chi connectivity index (χ1) is 7.36. The SMILES string of the molecule is C=C/C(=C\CCCBr)Sc1ccccc1. The molecule has 0 unspecified atom stereocenters. The van der Waals surface area contributed by atoms with Gasteiger partial charge in [0.05, 0.1) is 0 Å². The Hall–Kier alpha value is -0.470. The van der Waals surface area contributed by atoms with E-state index in [0.717, 1.165) is 11.8 Å². The normalized spacial score (nSPS) is 11.4. The highest BCUT2D eigenvalue weighted by atomic mass is 79.9. The van der Waals surface area contributed by atoms with Gasteiger partial charge in [-0.25, -0.2) is 0 Å². The first-order valence-electron chi connectivity index (χ1n) is 4.98. The molecule has 0 bridgehead atoms. The molecule has 0 aromatic heterocycles.